The summed E-state index contributed by atoms with van der Waals surface area (Å²) >= 11 is 0. The van der Waals surface area contributed by atoms with Crippen LogP contribution in [0.2, 0.25) is 0 Å². The van der Waals surface area contributed by atoms with Crippen LogP contribution >= 0.6 is 0 Å². The maximum Gasteiger partial charge on any atom is 0.261 e. The second kappa shape index (κ2) is 7.35. The van der Waals surface area contributed by atoms with Crippen molar-refractivity contribution in [2.24, 2.45) is 0 Å². The van der Waals surface area contributed by atoms with Crippen molar-refractivity contribution in [1.82, 2.24) is 4.90 Å². The number of carbonyl (C=O) groups is 1. The zero-order valence-corrected chi connectivity index (χ0v) is 14.6. The van der Waals surface area contributed by atoms with Gasteiger partial charge in [-0.05, 0) is 55.5 Å². The summed E-state index contributed by atoms with van der Waals surface area (Å²) in [5, 5.41) is 0. The van der Waals surface area contributed by atoms with Crippen LogP contribution in [0.1, 0.15) is 17.3 Å². The standard InChI is InChI=1S/C17H20N2O4S/c1-4-19(2)17(20)13-5-11-16(12-6-13)24(21,22)18-14-7-9-15(23-3)10-8-14/h5-12,18H,4H2,1-3H3. The first-order chi connectivity index (χ1) is 11.4. The Morgan fingerprint density at radius 3 is 2.17 bits per heavy atom. The minimum atomic E-state index is -3.72. The highest BCUT2D eigenvalue weighted by Gasteiger charge is 2.16. The Morgan fingerprint density at radius 1 is 1.08 bits per heavy atom. The zero-order valence-electron chi connectivity index (χ0n) is 13.8. The van der Waals surface area contributed by atoms with Gasteiger partial charge in [0.25, 0.3) is 15.9 Å². The number of sulfonamides is 1. The minimum Gasteiger partial charge on any atom is -0.497 e. The molecular weight excluding hydrogens is 328 g/mol. The van der Waals surface area contributed by atoms with E-state index >= 15 is 0 Å². The molecule has 6 nitrogen and oxygen atoms in total. The first kappa shape index (κ1) is 17.8. The molecule has 0 spiro atoms. The van der Waals surface area contributed by atoms with Crippen molar-refractivity contribution >= 4 is 21.6 Å². The molecule has 0 fully saturated rings. The third-order valence-electron chi connectivity index (χ3n) is 3.57. The molecule has 2 aromatic rings. The summed E-state index contributed by atoms with van der Waals surface area (Å²) in [4.78, 5) is 13.7. The second-order valence-electron chi connectivity index (χ2n) is 5.18. The summed E-state index contributed by atoms with van der Waals surface area (Å²) in [7, 11) is -0.485. The molecule has 1 amide bonds. The summed E-state index contributed by atoms with van der Waals surface area (Å²) in [5.74, 6) is 0.491. The molecular formula is C17H20N2O4S. The second-order valence-corrected chi connectivity index (χ2v) is 6.86. The van der Waals surface area contributed by atoms with Gasteiger partial charge < -0.3 is 9.64 Å². The number of hydrogen-bond donors (Lipinski definition) is 1. The van der Waals surface area contributed by atoms with Crippen molar-refractivity contribution in [3.63, 3.8) is 0 Å². The molecule has 0 aromatic heterocycles. The van der Waals surface area contributed by atoms with Gasteiger partial charge in [-0.2, -0.15) is 0 Å². The fraction of sp³-hybridized carbons (Fsp3) is 0.235. The summed E-state index contributed by atoms with van der Waals surface area (Å²) < 4.78 is 32.3. The molecule has 0 aliphatic heterocycles. The lowest BCUT2D eigenvalue weighted by Gasteiger charge is -2.14. The molecule has 0 radical (unpaired) electrons. The summed E-state index contributed by atoms with van der Waals surface area (Å²) in [6.07, 6.45) is 0. The van der Waals surface area contributed by atoms with Crippen LogP contribution in [0, 0.1) is 0 Å². The number of amides is 1. The van der Waals surface area contributed by atoms with Gasteiger partial charge in [0.05, 0.1) is 12.0 Å². The van der Waals surface area contributed by atoms with E-state index in [-0.39, 0.29) is 10.8 Å². The van der Waals surface area contributed by atoms with Crippen molar-refractivity contribution in [3.8, 4) is 5.75 Å². The van der Waals surface area contributed by atoms with Crippen molar-refractivity contribution in [1.29, 1.82) is 0 Å². The molecule has 0 saturated heterocycles. The van der Waals surface area contributed by atoms with E-state index in [9.17, 15) is 13.2 Å². The van der Waals surface area contributed by atoms with Crippen molar-refractivity contribution in [2.45, 2.75) is 11.8 Å². The molecule has 0 aliphatic rings. The highest BCUT2D eigenvalue weighted by atomic mass is 32.2. The highest BCUT2D eigenvalue weighted by molar-refractivity contribution is 7.92. The number of ether oxygens (including phenoxy) is 1. The molecule has 0 bridgehead atoms. The first-order valence-electron chi connectivity index (χ1n) is 7.39. The monoisotopic (exact) mass is 348 g/mol. The van der Waals surface area contributed by atoms with Gasteiger partial charge in [-0.3, -0.25) is 9.52 Å². The van der Waals surface area contributed by atoms with E-state index in [4.69, 9.17) is 4.74 Å². The van der Waals surface area contributed by atoms with Gasteiger partial charge in [-0.25, -0.2) is 8.42 Å². The van der Waals surface area contributed by atoms with Gasteiger partial charge in [0.1, 0.15) is 5.75 Å². The van der Waals surface area contributed by atoms with Crippen molar-refractivity contribution < 1.29 is 17.9 Å². The molecule has 7 heteroatoms. The molecule has 0 atom stereocenters. The molecule has 0 heterocycles. The Morgan fingerprint density at radius 2 is 1.67 bits per heavy atom. The average Bonchev–Trinajstić information content (AvgIpc) is 2.61. The van der Waals surface area contributed by atoms with E-state index in [1.807, 2.05) is 6.92 Å². The Kier molecular flexibility index (Phi) is 5.46. The number of carbonyl (C=O) groups excluding carboxylic acids is 1. The number of methoxy groups -OCH3 is 1. The predicted molar refractivity (Wildman–Crippen MR) is 92.9 cm³/mol. The fourth-order valence-electron chi connectivity index (χ4n) is 2.01. The lowest BCUT2D eigenvalue weighted by Crippen LogP contribution is -2.26. The minimum absolute atomic E-state index is 0.0917. The van der Waals surface area contributed by atoms with Crippen LogP contribution in [-0.4, -0.2) is 39.9 Å². The maximum absolute atomic E-state index is 12.4. The predicted octanol–water partition coefficient (Wildman–Crippen LogP) is 2.59. The Labute approximate surface area is 142 Å². The smallest absolute Gasteiger partial charge is 0.261 e. The third kappa shape index (κ3) is 4.05. The molecule has 128 valence electrons. The number of nitrogens with zero attached hydrogens (tertiary/aromatic N) is 1. The van der Waals surface area contributed by atoms with Gasteiger partial charge in [0.15, 0.2) is 0 Å². The lowest BCUT2D eigenvalue weighted by molar-refractivity contribution is 0.0802. The van der Waals surface area contributed by atoms with Crippen LogP contribution in [0.15, 0.2) is 53.4 Å². The SMILES string of the molecule is CCN(C)C(=O)c1ccc(S(=O)(=O)Nc2ccc(OC)cc2)cc1. The molecule has 0 unspecified atom stereocenters. The summed E-state index contributed by atoms with van der Waals surface area (Å²) in [6, 6.07) is 12.4. The van der Waals surface area contributed by atoms with E-state index in [2.05, 4.69) is 4.72 Å². The van der Waals surface area contributed by atoms with Crippen molar-refractivity contribution in [2.75, 3.05) is 25.4 Å². The fourth-order valence-corrected chi connectivity index (χ4v) is 3.07. The normalized spacial score (nSPS) is 11.0. The molecule has 1 N–H and O–H groups in total. The van der Waals surface area contributed by atoms with Crippen molar-refractivity contribution in [3.05, 3.63) is 54.1 Å². The van der Waals surface area contributed by atoms with Gasteiger partial charge in [-0.15, -0.1) is 0 Å². The van der Waals surface area contributed by atoms with E-state index in [1.165, 1.54) is 31.4 Å². The van der Waals surface area contributed by atoms with Gasteiger partial charge in [-0.1, -0.05) is 0 Å². The van der Waals surface area contributed by atoms with Gasteiger partial charge >= 0.3 is 0 Å². The Balaban J connectivity index is 2.18. The zero-order chi connectivity index (χ0) is 17.7. The van der Waals surface area contributed by atoms with Crippen LogP contribution in [-0.2, 0) is 10.0 Å². The number of hydrogen-bond acceptors (Lipinski definition) is 4. The van der Waals surface area contributed by atoms with Gasteiger partial charge in [0.2, 0.25) is 0 Å². The number of rotatable bonds is 6. The molecule has 2 rings (SSSR count). The van der Waals surface area contributed by atoms with Crippen LogP contribution in [0.5, 0.6) is 5.75 Å². The number of benzene rings is 2. The maximum atomic E-state index is 12.4. The lowest BCUT2D eigenvalue weighted by atomic mass is 10.2. The first-order valence-corrected chi connectivity index (χ1v) is 8.88. The molecule has 0 saturated carbocycles. The van der Waals surface area contributed by atoms with Crippen LogP contribution in [0.4, 0.5) is 5.69 Å². The molecule has 0 aliphatic carbocycles. The highest BCUT2D eigenvalue weighted by Crippen LogP contribution is 2.19. The van der Waals surface area contributed by atoms with E-state index in [0.29, 0.717) is 23.5 Å². The van der Waals surface area contributed by atoms with E-state index < -0.39 is 10.0 Å². The molecule has 2 aromatic carbocycles. The third-order valence-corrected chi connectivity index (χ3v) is 4.97. The number of nitrogens with one attached hydrogen (secondary N) is 1. The van der Waals surface area contributed by atoms with Gasteiger partial charge in [0, 0.05) is 24.8 Å². The van der Waals surface area contributed by atoms with Crippen LogP contribution in [0.3, 0.4) is 0 Å². The number of anilines is 1. The topological polar surface area (TPSA) is 75.7 Å². The van der Waals surface area contributed by atoms with Crippen LogP contribution in [0.25, 0.3) is 0 Å². The van der Waals surface area contributed by atoms with E-state index in [0.717, 1.165) is 0 Å². The Bertz CT molecular complexity index is 799. The Hall–Kier alpha value is -2.54. The van der Waals surface area contributed by atoms with E-state index in [1.54, 1.807) is 36.2 Å². The largest absolute Gasteiger partial charge is 0.497 e. The quantitative estimate of drug-likeness (QED) is 0.870. The average molecular weight is 348 g/mol. The van der Waals surface area contributed by atoms with Crippen LogP contribution < -0.4 is 9.46 Å². The molecule has 24 heavy (non-hydrogen) atoms. The summed E-state index contributed by atoms with van der Waals surface area (Å²) in [5.41, 5.74) is 0.879. The summed E-state index contributed by atoms with van der Waals surface area (Å²) in [6.45, 7) is 2.45.